The molecule has 12 heavy (non-hydrogen) atoms. The van der Waals surface area contributed by atoms with Crippen molar-refractivity contribution in [3.05, 3.63) is 0 Å². The molecule has 1 atom stereocenters. The molecule has 2 heteroatoms. The van der Waals surface area contributed by atoms with Crippen LogP contribution >= 0.6 is 0 Å². The number of hydrogen-bond donors (Lipinski definition) is 1. The average Bonchev–Trinajstić information content (AvgIpc) is 2.02. The summed E-state index contributed by atoms with van der Waals surface area (Å²) in [5.74, 6) is 0. The number of ether oxygens (including phenoxy) is 1. The number of rotatable bonds is 6. The molecule has 0 aliphatic heterocycles. The molecular formula is C10H22O2. The average molecular weight is 174 g/mol. The highest BCUT2D eigenvalue weighted by Gasteiger charge is 2.16. The first-order valence-corrected chi connectivity index (χ1v) is 4.84. The second kappa shape index (κ2) is 5.55. The van der Waals surface area contributed by atoms with Gasteiger partial charge in [0.15, 0.2) is 0 Å². The van der Waals surface area contributed by atoms with Crippen molar-refractivity contribution in [1.82, 2.24) is 0 Å². The zero-order valence-corrected chi connectivity index (χ0v) is 8.76. The Balaban J connectivity index is 3.52. The fourth-order valence-electron chi connectivity index (χ4n) is 0.840. The van der Waals surface area contributed by atoms with Crippen molar-refractivity contribution < 1.29 is 9.84 Å². The molecule has 1 N–H and O–H groups in total. The van der Waals surface area contributed by atoms with Gasteiger partial charge in [-0.1, -0.05) is 20.3 Å². The van der Waals surface area contributed by atoms with Crippen molar-refractivity contribution >= 4 is 0 Å². The van der Waals surface area contributed by atoms with Crippen LogP contribution in [0.1, 0.15) is 47.0 Å². The summed E-state index contributed by atoms with van der Waals surface area (Å²) in [6, 6.07) is 0. The molecule has 2 nitrogen and oxygen atoms in total. The Bertz CT molecular complexity index is 110. The van der Waals surface area contributed by atoms with Gasteiger partial charge in [0.25, 0.3) is 0 Å². The lowest BCUT2D eigenvalue weighted by Gasteiger charge is -2.25. The maximum absolute atomic E-state index is 9.38. The van der Waals surface area contributed by atoms with Gasteiger partial charge in [0.2, 0.25) is 0 Å². The molecule has 0 fully saturated rings. The van der Waals surface area contributed by atoms with E-state index in [0.29, 0.717) is 6.61 Å². The van der Waals surface area contributed by atoms with Gasteiger partial charge in [-0.25, -0.2) is 0 Å². The number of hydrogen-bond acceptors (Lipinski definition) is 2. The van der Waals surface area contributed by atoms with Crippen LogP contribution in [0.2, 0.25) is 0 Å². The zero-order chi connectivity index (χ0) is 9.61. The van der Waals surface area contributed by atoms with E-state index in [9.17, 15) is 5.11 Å². The molecule has 0 spiro atoms. The topological polar surface area (TPSA) is 29.5 Å². The van der Waals surface area contributed by atoms with E-state index in [-0.39, 0.29) is 11.7 Å². The largest absolute Gasteiger partial charge is 0.391 e. The van der Waals surface area contributed by atoms with E-state index in [1.165, 1.54) is 0 Å². The van der Waals surface area contributed by atoms with Crippen molar-refractivity contribution in [3.63, 3.8) is 0 Å². The van der Waals surface area contributed by atoms with Crippen LogP contribution in [0.4, 0.5) is 0 Å². The van der Waals surface area contributed by atoms with E-state index in [1.807, 2.05) is 13.8 Å². The van der Waals surface area contributed by atoms with Crippen molar-refractivity contribution in [2.24, 2.45) is 0 Å². The molecule has 0 aliphatic carbocycles. The van der Waals surface area contributed by atoms with Gasteiger partial charge < -0.3 is 9.84 Å². The summed E-state index contributed by atoms with van der Waals surface area (Å²) < 4.78 is 5.54. The lowest BCUT2D eigenvalue weighted by molar-refractivity contribution is -0.0625. The van der Waals surface area contributed by atoms with Gasteiger partial charge in [0.1, 0.15) is 0 Å². The summed E-state index contributed by atoms with van der Waals surface area (Å²) >= 11 is 0. The Kier molecular flexibility index (Phi) is 5.51. The maximum atomic E-state index is 9.38. The molecule has 0 aromatic carbocycles. The van der Waals surface area contributed by atoms with Crippen molar-refractivity contribution in [2.45, 2.75) is 58.7 Å². The van der Waals surface area contributed by atoms with E-state index in [4.69, 9.17) is 4.74 Å². The molecule has 1 unspecified atom stereocenters. The fourth-order valence-corrected chi connectivity index (χ4v) is 0.840. The van der Waals surface area contributed by atoms with E-state index >= 15 is 0 Å². The van der Waals surface area contributed by atoms with Crippen LogP contribution in [0.15, 0.2) is 0 Å². The van der Waals surface area contributed by atoms with Crippen LogP contribution in [0.5, 0.6) is 0 Å². The van der Waals surface area contributed by atoms with E-state index in [1.54, 1.807) is 0 Å². The molecule has 74 valence electrons. The SMILES string of the molecule is CCCC(O)COC(C)(C)CC. The third-order valence-corrected chi connectivity index (χ3v) is 2.14. The Labute approximate surface area is 75.9 Å². The second-order valence-electron chi connectivity index (χ2n) is 3.87. The van der Waals surface area contributed by atoms with Crippen molar-refractivity contribution in [1.29, 1.82) is 0 Å². The summed E-state index contributed by atoms with van der Waals surface area (Å²) in [5, 5.41) is 9.38. The van der Waals surface area contributed by atoms with Gasteiger partial charge in [-0.2, -0.15) is 0 Å². The normalized spacial score (nSPS) is 14.8. The minimum Gasteiger partial charge on any atom is -0.391 e. The fraction of sp³-hybridized carbons (Fsp3) is 1.00. The molecule has 0 aromatic heterocycles. The maximum Gasteiger partial charge on any atom is 0.0773 e. The standard InChI is InChI=1S/C10H22O2/c1-5-7-9(11)8-12-10(3,4)6-2/h9,11H,5-8H2,1-4H3. The summed E-state index contributed by atoms with van der Waals surface area (Å²) in [6.45, 7) is 8.71. The molecule has 0 radical (unpaired) electrons. The third-order valence-electron chi connectivity index (χ3n) is 2.14. The van der Waals surface area contributed by atoms with Gasteiger partial charge in [-0.05, 0) is 26.7 Å². The second-order valence-corrected chi connectivity index (χ2v) is 3.87. The number of aliphatic hydroxyl groups excluding tert-OH is 1. The Hall–Kier alpha value is -0.0800. The zero-order valence-electron chi connectivity index (χ0n) is 8.76. The molecule has 0 aromatic rings. The highest BCUT2D eigenvalue weighted by molar-refractivity contribution is 4.66. The molecule has 0 saturated carbocycles. The van der Waals surface area contributed by atoms with Crippen molar-refractivity contribution in [2.75, 3.05) is 6.61 Å². The van der Waals surface area contributed by atoms with Crippen LogP contribution in [0.3, 0.4) is 0 Å². The molecule has 0 amide bonds. The lowest BCUT2D eigenvalue weighted by Crippen LogP contribution is -2.28. The van der Waals surface area contributed by atoms with Gasteiger partial charge in [0.05, 0.1) is 18.3 Å². The molecule has 0 heterocycles. The first kappa shape index (κ1) is 11.9. The quantitative estimate of drug-likeness (QED) is 0.669. The highest BCUT2D eigenvalue weighted by Crippen LogP contribution is 2.14. The monoisotopic (exact) mass is 174 g/mol. The smallest absolute Gasteiger partial charge is 0.0773 e. The van der Waals surface area contributed by atoms with Crippen LogP contribution in [0.25, 0.3) is 0 Å². The highest BCUT2D eigenvalue weighted by atomic mass is 16.5. The van der Waals surface area contributed by atoms with E-state index in [2.05, 4.69) is 13.8 Å². The summed E-state index contributed by atoms with van der Waals surface area (Å²) in [6.07, 6.45) is 2.53. The first-order valence-electron chi connectivity index (χ1n) is 4.84. The summed E-state index contributed by atoms with van der Waals surface area (Å²) in [5.41, 5.74) is -0.0886. The minimum atomic E-state index is -0.291. The molecule has 0 bridgehead atoms. The first-order chi connectivity index (χ1) is 5.52. The van der Waals surface area contributed by atoms with E-state index in [0.717, 1.165) is 19.3 Å². The predicted octanol–water partition coefficient (Wildman–Crippen LogP) is 2.35. The van der Waals surface area contributed by atoms with Crippen molar-refractivity contribution in [3.8, 4) is 0 Å². The Morgan fingerprint density at radius 3 is 2.33 bits per heavy atom. The molecular weight excluding hydrogens is 152 g/mol. The van der Waals surface area contributed by atoms with Crippen LogP contribution < -0.4 is 0 Å². The van der Waals surface area contributed by atoms with Crippen LogP contribution in [0, 0.1) is 0 Å². The summed E-state index contributed by atoms with van der Waals surface area (Å²) in [4.78, 5) is 0. The van der Waals surface area contributed by atoms with Crippen LogP contribution in [-0.4, -0.2) is 23.4 Å². The lowest BCUT2D eigenvalue weighted by atomic mass is 10.1. The van der Waals surface area contributed by atoms with Gasteiger partial charge >= 0.3 is 0 Å². The predicted molar refractivity (Wildman–Crippen MR) is 51.2 cm³/mol. The van der Waals surface area contributed by atoms with Gasteiger partial charge in [-0.15, -0.1) is 0 Å². The Morgan fingerprint density at radius 2 is 1.92 bits per heavy atom. The minimum absolute atomic E-state index is 0.0886. The molecule has 0 saturated heterocycles. The van der Waals surface area contributed by atoms with E-state index < -0.39 is 0 Å². The summed E-state index contributed by atoms with van der Waals surface area (Å²) in [7, 11) is 0. The Morgan fingerprint density at radius 1 is 1.33 bits per heavy atom. The number of aliphatic hydroxyl groups is 1. The third kappa shape index (κ3) is 5.56. The van der Waals surface area contributed by atoms with Crippen LogP contribution in [-0.2, 0) is 4.74 Å². The van der Waals surface area contributed by atoms with Gasteiger partial charge in [0, 0.05) is 0 Å². The van der Waals surface area contributed by atoms with Gasteiger partial charge in [-0.3, -0.25) is 0 Å². The molecule has 0 aliphatic rings. The molecule has 0 rings (SSSR count).